The number of aromatic nitrogens is 2. The highest BCUT2D eigenvalue weighted by Gasteiger charge is 2.10. The number of anilines is 1. The summed E-state index contributed by atoms with van der Waals surface area (Å²) >= 11 is 0. The van der Waals surface area contributed by atoms with Crippen LogP contribution in [-0.4, -0.2) is 9.97 Å². The predicted octanol–water partition coefficient (Wildman–Crippen LogP) is 4.50. The van der Waals surface area contributed by atoms with Gasteiger partial charge in [-0.05, 0) is 17.7 Å². The van der Waals surface area contributed by atoms with Gasteiger partial charge in [-0.2, -0.15) is 0 Å². The third-order valence-electron chi connectivity index (χ3n) is 3.69. The molecular formula is C19H15N3O. The summed E-state index contributed by atoms with van der Waals surface area (Å²) in [6, 6.07) is 18.0. The molecule has 0 radical (unpaired) electrons. The van der Waals surface area contributed by atoms with Crippen LogP contribution in [0.25, 0.3) is 22.4 Å². The minimum atomic E-state index is 0.682. The van der Waals surface area contributed by atoms with Crippen molar-refractivity contribution in [2.24, 2.45) is 0 Å². The van der Waals surface area contributed by atoms with E-state index in [0.29, 0.717) is 6.54 Å². The maximum Gasteiger partial charge on any atom is 0.175 e. The standard InChI is InChI=1S/C19H15N3O/c1-2-6-15(7-3-1)17-11-18(19-16(22-17)8-10-23-19)21-13-14-5-4-9-20-12-14/h1-12H,13H2,(H,21,22). The summed E-state index contributed by atoms with van der Waals surface area (Å²) < 4.78 is 5.59. The highest BCUT2D eigenvalue weighted by atomic mass is 16.3. The Kier molecular flexibility index (Phi) is 3.48. The molecule has 0 saturated heterocycles. The topological polar surface area (TPSA) is 51.0 Å². The Balaban J connectivity index is 1.71. The molecule has 0 fully saturated rings. The maximum atomic E-state index is 5.59. The van der Waals surface area contributed by atoms with Crippen molar-refractivity contribution in [3.8, 4) is 11.3 Å². The van der Waals surface area contributed by atoms with Gasteiger partial charge in [0.1, 0.15) is 5.52 Å². The largest absolute Gasteiger partial charge is 0.460 e. The minimum absolute atomic E-state index is 0.682. The molecule has 4 heteroatoms. The van der Waals surface area contributed by atoms with Gasteiger partial charge >= 0.3 is 0 Å². The average molecular weight is 301 g/mol. The molecule has 0 saturated carbocycles. The number of hydrogen-bond donors (Lipinski definition) is 1. The van der Waals surface area contributed by atoms with Crippen LogP contribution < -0.4 is 5.32 Å². The zero-order chi connectivity index (χ0) is 15.5. The smallest absolute Gasteiger partial charge is 0.175 e. The zero-order valence-corrected chi connectivity index (χ0v) is 12.4. The van der Waals surface area contributed by atoms with Gasteiger partial charge in [-0.3, -0.25) is 4.98 Å². The van der Waals surface area contributed by atoms with Crippen LogP contribution in [0.4, 0.5) is 5.69 Å². The zero-order valence-electron chi connectivity index (χ0n) is 12.4. The number of nitrogens with one attached hydrogen (secondary N) is 1. The first-order chi connectivity index (χ1) is 11.4. The number of furan rings is 1. The Morgan fingerprint density at radius 3 is 2.74 bits per heavy atom. The van der Waals surface area contributed by atoms with Crippen LogP contribution in [0, 0.1) is 0 Å². The molecule has 0 aliphatic heterocycles. The summed E-state index contributed by atoms with van der Waals surface area (Å²) in [4.78, 5) is 8.81. The summed E-state index contributed by atoms with van der Waals surface area (Å²) in [5.41, 5.74) is 5.68. The first-order valence-electron chi connectivity index (χ1n) is 7.46. The van der Waals surface area contributed by atoms with Crippen LogP contribution in [0.3, 0.4) is 0 Å². The Labute approximate surface area is 133 Å². The number of benzene rings is 1. The second-order valence-electron chi connectivity index (χ2n) is 5.27. The highest BCUT2D eigenvalue weighted by Crippen LogP contribution is 2.29. The molecule has 1 N–H and O–H groups in total. The summed E-state index contributed by atoms with van der Waals surface area (Å²) in [5, 5.41) is 3.43. The van der Waals surface area contributed by atoms with Crippen LogP contribution >= 0.6 is 0 Å². The molecule has 112 valence electrons. The maximum absolute atomic E-state index is 5.59. The van der Waals surface area contributed by atoms with Crippen molar-refractivity contribution in [3.05, 3.63) is 78.8 Å². The molecule has 0 atom stereocenters. The van der Waals surface area contributed by atoms with E-state index >= 15 is 0 Å². The molecule has 23 heavy (non-hydrogen) atoms. The molecule has 3 heterocycles. The summed E-state index contributed by atoms with van der Waals surface area (Å²) in [6.45, 7) is 0.682. The first kappa shape index (κ1) is 13.5. The van der Waals surface area contributed by atoms with Gasteiger partial charge in [0.25, 0.3) is 0 Å². The molecule has 4 rings (SSSR count). The fourth-order valence-electron chi connectivity index (χ4n) is 2.54. The third kappa shape index (κ3) is 2.79. The van der Waals surface area contributed by atoms with E-state index in [1.54, 1.807) is 12.5 Å². The Morgan fingerprint density at radius 2 is 1.91 bits per heavy atom. The Bertz CT molecular complexity index is 917. The molecule has 4 aromatic rings. The van der Waals surface area contributed by atoms with Crippen molar-refractivity contribution in [3.63, 3.8) is 0 Å². The summed E-state index contributed by atoms with van der Waals surface area (Å²) in [6.07, 6.45) is 5.29. The SMILES string of the molecule is c1ccc(-c2cc(NCc3cccnc3)c3occc3n2)cc1. The van der Waals surface area contributed by atoms with E-state index in [2.05, 4.69) is 27.4 Å². The lowest BCUT2D eigenvalue weighted by Crippen LogP contribution is -2.01. The monoisotopic (exact) mass is 301 g/mol. The van der Waals surface area contributed by atoms with Crippen molar-refractivity contribution in [2.45, 2.75) is 6.54 Å². The van der Waals surface area contributed by atoms with E-state index < -0.39 is 0 Å². The Hall–Kier alpha value is -3.14. The number of rotatable bonds is 4. The molecule has 1 aromatic carbocycles. The second kappa shape index (κ2) is 5.93. The van der Waals surface area contributed by atoms with Crippen LogP contribution in [-0.2, 0) is 6.54 Å². The predicted molar refractivity (Wildman–Crippen MR) is 91.0 cm³/mol. The molecule has 4 nitrogen and oxygen atoms in total. The molecule has 0 aliphatic carbocycles. The van der Waals surface area contributed by atoms with Gasteiger partial charge in [-0.15, -0.1) is 0 Å². The van der Waals surface area contributed by atoms with Crippen LogP contribution in [0.1, 0.15) is 5.56 Å². The molecule has 0 spiro atoms. The van der Waals surface area contributed by atoms with Crippen molar-refractivity contribution in [2.75, 3.05) is 5.32 Å². The van der Waals surface area contributed by atoms with E-state index in [0.717, 1.165) is 33.6 Å². The molecule has 3 aromatic heterocycles. The van der Waals surface area contributed by atoms with E-state index in [-0.39, 0.29) is 0 Å². The number of fused-ring (bicyclic) bond motifs is 1. The lowest BCUT2D eigenvalue weighted by atomic mass is 10.1. The molecule has 0 unspecified atom stereocenters. The van der Waals surface area contributed by atoms with Crippen LogP contribution in [0.15, 0.2) is 77.7 Å². The van der Waals surface area contributed by atoms with E-state index in [9.17, 15) is 0 Å². The van der Waals surface area contributed by atoms with Crippen molar-refractivity contribution < 1.29 is 4.42 Å². The van der Waals surface area contributed by atoms with Crippen molar-refractivity contribution in [1.82, 2.24) is 9.97 Å². The second-order valence-corrected chi connectivity index (χ2v) is 5.27. The van der Waals surface area contributed by atoms with Gasteiger partial charge in [-0.25, -0.2) is 4.98 Å². The summed E-state index contributed by atoms with van der Waals surface area (Å²) in [5.74, 6) is 0. The lowest BCUT2D eigenvalue weighted by Gasteiger charge is -2.09. The van der Waals surface area contributed by atoms with Gasteiger partial charge in [0.05, 0.1) is 17.6 Å². The van der Waals surface area contributed by atoms with Crippen LogP contribution in [0.5, 0.6) is 0 Å². The van der Waals surface area contributed by atoms with Gasteiger partial charge in [0.2, 0.25) is 0 Å². The number of pyridine rings is 2. The summed E-state index contributed by atoms with van der Waals surface area (Å²) in [7, 11) is 0. The van der Waals surface area contributed by atoms with E-state index in [1.165, 1.54) is 0 Å². The minimum Gasteiger partial charge on any atom is -0.460 e. The highest BCUT2D eigenvalue weighted by molar-refractivity contribution is 5.89. The molecular weight excluding hydrogens is 286 g/mol. The van der Waals surface area contributed by atoms with E-state index in [4.69, 9.17) is 4.42 Å². The lowest BCUT2D eigenvalue weighted by molar-refractivity contribution is 0.616. The first-order valence-corrected chi connectivity index (χ1v) is 7.46. The third-order valence-corrected chi connectivity index (χ3v) is 3.69. The van der Waals surface area contributed by atoms with Gasteiger partial charge in [0, 0.05) is 30.6 Å². The Morgan fingerprint density at radius 1 is 1.00 bits per heavy atom. The van der Waals surface area contributed by atoms with Crippen molar-refractivity contribution >= 4 is 16.8 Å². The number of nitrogens with zero attached hydrogens (tertiary/aromatic N) is 2. The molecule has 0 bridgehead atoms. The van der Waals surface area contributed by atoms with E-state index in [1.807, 2.05) is 48.7 Å². The van der Waals surface area contributed by atoms with Crippen molar-refractivity contribution in [1.29, 1.82) is 0 Å². The molecule has 0 amide bonds. The molecule has 0 aliphatic rings. The number of hydrogen-bond acceptors (Lipinski definition) is 4. The normalized spacial score (nSPS) is 10.8. The van der Waals surface area contributed by atoms with Gasteiger partial charge in [-0.1, -0.05) is 36.4 Å². The van der Waals surface area contributed by atoms with Crippen LogP contribution in [0.2, 0.25) is 0 Å². The van der Waals surface area contributed by atoms with Gasteiger partial charge in [0.15, 0.2) is 5.58 Å². The average Bonchev–Trinajstić information content (AvgIpc) is 3.10. The van der Waals surface area contributed by atoms with Gasteiger partial charge < -0.3 is 9.73 Å². The fourth-order valence-corrected chi connectivity index (χ4v) is 2.54. The quantitative estimate of drug-likeness (QED) is 0.603. The fraction of sp³-hybridized carbons (Fsp3) is 0.0526.